The molecular weight excluding hydrogens is 533 g/mol. The average Bonchev–Trinajstić information content (AvgIpc) is 2.95. The lowest BCUT2D eigenvalue weighted by molar-refractivity contribution is -0.274. The van der Waals surface area contributed by atoms with Gasteiger partial charge in [-0.15, -0.1) is 13.2 Å². The number of hydrogen-bond donors (Lipinski definition) is 2. The topological polar surface area (TPSA) is 78.9 Å². The third kappa shape index (κ3) is 9.27. The van der Waals surface area contributed by atoms with Gasteiger partial charge in [0.25, 0.3) is 0 Å². The monoisotopic (exact) mass is 564 g/mol. The Hall–Kier alpha value is -4.53. The molecule has 0 saturated carbocycles. The molecule has 6 nitrogen and oxygen atoms in total. The number of halogens is 3. The van der Waals surface area contributed by atoms with E-state index in [0.29, 0.717) is 17.8 Å². The zero-order valence-corrected chi connectivity index (χ0v) is 22.4. The van der Waals surface area contributed by atoms with E-state index in [1.807, 2.05) is 54.6 Å². The lowest BCUT2D eigenvalue weighted by Crippen LogP contribution is -2.34. The Morgan fingerprint density at radius 1 is 0.951 bits per heavy atom. The summed E-state index contributed by atoms with van der Waals surface area (Å²) in [4.78, 5) is 25.7. The number of carboxylic acid groups (broad SMARTS) is 1. The van der Waals surface area contributed by atoms with Crippen LogP contribution in [0, 0.1) is 0 Å². The van der Waals surface area contributed by atoms with E-state index in [9.17, 15) is 22.8 Å². The van der Waals surface area contributed by atoms with Crippen molar-refractivity contribution in [2.75, 3.05) is 10.2 Å². The van der Waals surface area contributed by atoms with Gasteiger partial charge >= 0.3 is 18.4 Å². The van der Waals surface area contributed by atoms with Gasteiger partial charge < -0.3 is 15.2 Å². The summed E-state index contributed by atoms with van der Waals surface area (Å²) < 4.78 is 41.4. The van der Waals surface area contributed by atoms with Crippen molar-refractivity contribution in [3.8, 4) is 5.75 Å². The smallest absolute Gasteiger partial charge is 0.481 e. The van der Waals surface area contributed by atoms with E-state index >= 15 is 0 Å². The molecule has 214 valence electrons. The Balaban J connectivity index is 1.51. The summed E-state index contributed by atoms with van der Waals surface area (Å²) >= 11 is 0. The number of rotatable bonds is 10. The van der Waals surface area contributed by atoms with Crippen LogP contribution in [-0.2, 0) is 11.3 Å². The van der Waals surface area contributed by atoms with Crippen LogP contribution >= 0.6 is 0 Å². The molecule has 3 aromatic rings. The van der Waals surface area contributed by atoms with E-state index in [1.165, 1.54) is 24.1 Å². The summed E-state index contributed by atoms with van der Waals surface area (Å²) in [7, 11) is 0. The lowest BCUT2D eigenvalue weighted by Gasteiger charge is -2.24. The van der Waals surface area contributed by atoms with E-state index in [4.69, 9.17) is 5.11 Å². The van der Waals surface area contributed by atoms with Crippen LogP contribution in [0.15, 0.2) is 84.9 Å². The SMILES string of the molecule is O=C(O)CCC=Cc1ccc(CN(C(=O)Nc2ccc(OC(F)(F)F)cc2)c2ccc(C3=CCCCC3)cc2)cc1. The van der Waals surface area contributed by atoms with Gasteiger partial charge in [-0.3, -0.25) is 9.69 Å². The number of nitrogens with one attached hydrogen (secondary N) is 1. The summed E-state index contributed by atoms with van der Waals surface area (Å²) in [5.41, 5.74) is 5.16. The van der Waals surface area contributed by atoms with Crippen LogP contribution in [0.4, 0.5) is 29.3 Å². The highest BCUT2D eigenvalue weighted by atomic mass is 19.4. The highest BCUT2D eigenvalue weighted by Gasteiger charge is 2.31. The number of hydrogen-bond acceptors (Lipinski definition) is 3. The molecule has 0 spiro atoms. The number of aliphatic carboxylic acids is 1. The van der Waals surface area contributed by atoms with Crippen molar-refractivity contribution >= 4 is 35.0 Å². The molecule has 0 aromatic heterocycles. The molecule has 0 atom stereocenters. The molecule has 0 saturated heterocycles. The highest BCUT2D eigenvalue weighted by molar-refractivity contribution is 6.01. The minimum atomic E-state index is -4.80. The van der Waals surface area contributed by atoms with Gasteiger partial charge in [0.15, 0.2) is 0 Å². The minimum absolute atomic E-state index is 0.0623. The first-order chi connectivity index (χ1) is 19.7. The van der Waals surface area contributed by atoms with Crippen molar-refractivity contribution in [2.45, 2.75) is 51.4 Å². The van der Waals surface area contributed by atoms with Crippen LogP contribution in [0.5, 0.6) is 5.75 Å². The number of alkyl halides is 3. The van der Waals surface area contributed by atoms with Gasteiger partial charge in [-0.1, -0.05) is 54.6 Å². The lowest BCUT2D eigenvalue weighted by atomic mass is 9.93. The first-order valence-electron chi connectivity index (χ1n) is 13.4. The second-order valence-corrected chi connectivity index (χ2v) is 9.69. The predicted octanol–water partition coefficient (Wildman–Crippen LogP) is 8.66. The summed E-state index contributed by atoms with van der Waals surface area (Å²) in [5.74, 6) is -1.23. The quantitative estimate of drug-likeness (QED) is 0.258. The summed E-state index contributed by atoms with van der Waals surface area (Å²) in [5, 5.41) is 11.5. The van der Waals surface area contributed by atoms with Gasteiger partial charge in [-0.25, -0.2) is 4.79 Å². The van der Waals surface area contributed by atoms with Crippen molar-refractivity contribution in [3.63, 3.8) is 0 Å². The molecule has 1 aliphatic rings. The van der Waals surface area contributed by atoms with Crippen molar-refractivity contribution in [1.29, 1.82) is 0 Å². The number of anilines is 2. The second kappa shape index (κ2) is 13.7. The first-order valence-corrected chi connectivity index (χ1v) is 13.4. The zero-order valence-electron chi connectivity index (χ0n) is 22.4. The molecule has 4 rings (SSSR count). The summed E-state index contributed by atoms with van der Waals surface area (Å²) in [6.45, 7) is 0.242. The first kappa shape index (κ1) is 29.5. The van der Waals surface area contributed by atoms with Crippen LogP contribution in [0.2, 0.25) is 0 Å². The summed E-state index contributed by atoms with van der Waals surface area (Å²) in [6.07, 6.45) is 6.03. The number of carbonyl (C=O) groups is 2. The molecule has 2 amide bonds. The Morgan fingerprint density at radius 3 is 2.27 bits per heavy atom. The highest BCUT2D eigenvalue weighted by Crippen LogP contribution is 2.29. The van der Waals surface area contributed by atoms with E-state index in [1.54, 1.807) is 11.0 Å². The van der Waals surface area contributed by atoms with Gasteiger partial charge in [0.1, 0.15) is 5.75 Å². The average molecular weight is 565 g/mol. The maximum absolute atomic E-state index is 13.4. The standard InChI is InChI=1S/C32H31F3N2O4/c33-32(34,35)41-29-20-16-27(17-21-29)36-31(40)37(28-18-14-26(15-19-28)25-7-2-1-3-8-25)22-24-12-10-23(11-13-24)6-4-5-9-30(38)39/h4,6-7,10-21H,1-3,5,8-9,22H2,(H,36,40)(H,38,39). The summed E-state index contributed by atoms with van der Waals surface area (Å²) in [6, 6.07) is 19.9. The molecule has 3 aromatic carbocycles. The molecule has 0 bridgehead atoms. The van der Waals surface area contributed by atoms with Crippen molar-refractivity contribution in [2.24, 2.45) is 0 Å². The molecule has 0 fully saturated rings. The van der Waals surface area contributed by atoms with Gasteiger partial charge in [-0.05, 0) is 90.8 Å². The second-order valence-electron chi connectivity index (χ2n) is 9.69. The number of amides is 2. The molecule has 41 heavy (non-hydrogen) atoms. The van der Waals surface area contributed by atoms with E-state index < -0.39 is 18.4 Å². The molecular formula is C32H31F3N2O4. The predicted molar refractivity (Wildman–Crippen MR) is 154 cm³/mol. The number of ether oxygens (including phenoxy) is 1. The number of nitrogens with zero attached hydrogens (tertiary/aromatic N) is 1. The normalized spacial score (nSPS) is 13.5. The number of urea groups is 1. The maximum atomic E-state index is 13.4. The number of carbonyl (C=O) groups excluding carboxylic acids is 1. The van der Waals surface area contributed by atoms with Crippen LogP contribution in [0.1, 0.15) is 55.2 Å². The third-order valence-electron chi connectivity index (χ3n) is 6.58. The van der Waals surface area contributed by atoms with Gasteiger partial charge in [0, 0.05) is 17.8 Å². The third-order valence-corrected chi connectivity index (χ3v) is 6.58. The van der Waals surface area contributed by atoms with Gasteiger partial charge in [-0.2, -0.15) is 0 Å². The molecule has 2 N–H and O–H groups in total. The fourth-order valence-corrected chi connectivity index (χ4v) is 4.51. The number of carboxylic acids is 1. The fraction of sp³-hybridized carbons (Fsp3) is 0.250. The fourth-order valence-electron chi connectivity index (χ4n) is 4.51. The Kier molecular flexibility index (Phi) is 9.84. The van der Waals surface area contributed by atoms with Crippen molar-refractivity contribution in [1.82, 2.24) is 0 Å². The zero-order chi connectivity index (χ0) is 29.2. The van der Waals surface area contributed by atoms with Gasteiger partial charge in [0.05, 0.1) is 6.54 Å². The Morgan fingerprint density at radius 2 is 1.66 bits per heavy atom. The van der Waals surface area contributed by atoms with Crippen LogP contribution < -0.4 is 15.0 Å². The van der Waals surface area contributed by atoms with E-state index in [-0.39, 0.29) is 18.7 Å². The van der Waals surface area contributed by atoms with Crippen molar-refractivity contribution < 1.29 is 32.6 Å². The number of allylic oxidation sites excluding steroid dienone is 3. The molecule has 0 radical (unpaired) electrons. The van der Waals surface area contributed by atoms with Gasteiger partial charge in [0.2, 0.25) is 0 Å². The van der Waals surface area contributed by atoms with E-state index in [2.05, 4.69) is 16.1 Å². The Bertz CT molecular complexity index is 1380. The van der Waals surface area contributed by atoms with E-state index in [0.717, 1.165) is 48.1 Å². The maximum Gasteiger partial charge on any atom is 0.573 e. The number of benzene rings is 3. The Labute approximate surface area is 236 Å². The molecule has 0 heterocycles. The van der Waals surface area contributed by atoms with Crippen molar-refractivity contribution in [3.05, 3.63) is 102 Å². The van der Waals surface area contributed by atoms with Crippen LogP contribution in [0.25, 0.3) is 11.6 Å². The molecule has 1 aliphatic carbocycles. The van der Waals surface area contributed by atoms with Crippen LogP contribution in [-0.4, -0.2) is 23.5 Å². The molecule has 0 aliphatic heterocycles. The molecule has 9 heteroatoms. The molecule has 0 unspecified atom stereocenters. The minimum Gasteiger partial charge on any atom is -0.481 e. The van der Waals surface area contributed by atoms with Crippen LogP contribution in [0.3, 0.4) is 0 Å². The largest absolute Gasteiger partial charge is 0.573 e.